The molecule has 2 N–H and O–H groups in total. The van der Waals surface area contributed by atoms with E-state index in [1.165, 1.54) is 23.4 Å². The standard InChI is InChI=1S/C20H18ClFN2O/c21-14-4-8-19-17(10-14)16-9-13(3-7-18(16)24-19)20(25)23-11-12-1-5-15(22)6-2-12/h1-2,4-6,8,10,13,24H,3,7,9,11H2,(H,23,25). The molecule has 0 saturated heterocycles. The Kier molecular flexibility index (Phi) is 4.22. The number of H-pyrrole nitrogens is 1. The van der Waals surface area contributed by atoms with Gasteiger partial charge in [0.25, 0.3) is 0 Å². The van der Waals surface area contributed by atoms with Crippen LogP contribution in [0.3, 0.4) is 0 Å². The van der Waals surface area contributed by atoms with Crippen molar-refractivity contribution in [3.8, 4) is 0 Å². The molecular formula is C20H18ClFN2O. The Hall–Kier alpha value is -2.33. The third-order valence-corrected chi connectivity index (χ3v) is 5.14. The molecule has 1 unspecified atom stereocenters. The van der Waals surface area contributed by atoms with Gasteiger partial charge in [-0.15, -0.1) is 0 Å². The minimum absolute atomic E-state index is 0.0475. The van der Waals surface area contributed by atoms with Crippen molar-refractivity contribution in [2.75, 3.05) is 0 Å². The van der Waals surface area contributed by atoms with Gasteiger partial charge in [-0.1, -0.05) is 23.7 Å². The van der Waals surface area contributed by atoms with Crippen molar-refractivity contribution in [1.29, 1.82) is 0 Å². The molecule has 1 aliphatic rings. The lowest BCUT2D eigenvalue weighted by Gasteiger charge is -2.22. The van der Waals surface area contributed by atoms with E-state index in [4.69, 9.17) is 11.6 Å². The molecule has 3 nitrogen and oxygen atoms in total. The van der Waals surface area contributed by atoms with Crippen LogP contribution >= 0.6 is 11.6 Å². The topological polar surface area (TPSA) is 44.9 Å². The summed E-state index contributed by atoms with van der Waals surface area (Å²) in [5.74, 6) is -0.273. The molecule has 0 bridgehead atoms. The highest BCUT2D eigenvalue weighted by Gasteiger charge is 2.27. The fourth-order valence-electron chi connectivity index (χ4n) is 3.55. The molecule has 0 fully saturated rings. The number of nitrogens with one attached hydrogen (secondary N) is 2. The van der Waals surface area contributed by atoms with E-state index in [0.29, 0.717) is 18.0 Å². The zero-order valence-corrected chi connectivity index (χ0v) is 14.4. The highest BCUT2D eigenvalue weighted by Crippen LogP contribution is 2.33. The average molecular weight is 357 g/mol. The van der Waals surface area contributed by atoms with Gasteiger partial charge in [0.05, 0.1) is 0 Å². The van der Waals surface area contributed by atoms with Crippen LogP contribution in [0.5, 0.6) is 0 Å². The van der Waals surface area contributed by atoms with E-state index in [1.807, 2.05) is 18.2 Å². The molecular weight excluding hydrogens is 339 g/mol. The van der Waals surface area contributed by atoms with Crippen molar-refractivity contribution in [2.45, 2.75) is 25.8 Å². The van der Waals surface area contributed by atoms with Crippen LogP contribution in [-0.2, 0) is 24.2 Å². The van der Waals surface area contributed by atoms with Crippen molar-refractivity contribution in [3.63, 3.8) is 0 Å². The first-order valence-corrected chi connectivity index (χ1v) is 8.79. The number of amides is 1. The second-order valence-electron chi connectivity index (χ2n) is 6.56. The summed E-state index contributed by atoms with van der Waals surface area (Å²) in [5.41, 5.74) is 4.37. The Morgan fingerprint density at radius 3 is 2.84 bits per heavy atom. The quantitative estimate of drug-likeness (QED) is 0.718. The lowest BCUT2D eigenvalue weighted by atomic mass is 9.86. The van der Waals surface area contributed by atoms with Gasteiger partial charge < -0.3 is 10.3 Å². The largest absolute Gasteiger partial charge is 0.358 e. The van der Waals surface area contributed by atoms with Crippen LogP contribution < -0.4 is 5.32 Å². The molecule has 25 heavy (non-hydrogen) atoms. The van der Waals surface area contributed by atoms with Gasteiger partial charge in [0.1, 0.15) is 5.82 Å². The number of carbonyl (C=O) groups excluding carboxylic acids is 1. The van der Waals surface area contributed by atoms with E-state index in [-0.39, 0.29) is 17.6 Å². The van der Waals surface area contributed by atoms with E-state index >= 15 is 0 Å². The first-order chi connectivity index (χ1) is 12.1. The Morgan fingerprint density at radius 1 is 1.24 bits per heavy atom. The third kappa shape index (κ3) is 3.27. The summed E-state index contributed by atoms with van der Waals surface area (Å²) < 4.78 is 12.9. The lowest BCUT2D eigenvalue weighted by molar-refractivity contribution is -0.125. The Balaban J connectivity index is 1.47. The summed E-state index contributed by atoms with van der Waals surface area (Å²) in [5, 5.41) is 4.79. The Labute approximate surface area is 150 Å². The first-order valence-electron chi connectivity index (χ1n) is 8.41. The highest BCUT2D eigenvalue weighted by molar-refractivity contribution is 6.31. The highest BCUT2D eigenvalue weighted by atomic mass is 35.5. The maximum atomic E-state index is 12.9. The van der Waals surface area contributed by atoms with Crippen LogP contribution in [-0.4, -0.2) is 10.9 Å². The summed E-state index contributed by atoms with van der Waals surface area (Å²) in [7, 11) is 0. The summed E-state index contributed by atoms with van der Waals surface area (Å²) >= 11 is 6.13. The van der Waals surface area contributed by atoms with E-state index in [0.717, 1.165) is 29.3 Å². The summed E-state index contributed by atoms with van der Waals surface area (Å²) in [6.45, 7) is 0.419. The molecule has 0 saturated carbocycles. The van der Waals surface area contributed by atoms with E-state index in [9.17, 15) is 9.18 Å². The van der Waals surface area contributed by atoms with Crippen molar-refractivity contribution in [3.05, 3.63) is 70.1 Å². The predicted molar refractivity (Wildman–Crippen MR) is 97.1 cm³/mol. The van der Waals surface area contributed by atoms with Gasteiger partial charge in [-0.25, -0.2) is 4.39 Å². The molecule has 0 radical (unpaired) electrons. The summed E-state index contributed by atoms with van der Waals surface area (Å²) in [6.07, 6.45) is 2.39. The van der Waals surface area contributed by atoms with Crippen LogP contribution in [0.1, 0.15) is 23.2 Å². The molecule has 128 valence electrons. The molecule has 3 aromatic rings. The number of aromatic nitrogens is 1. The number of rotatable bonds is 3. The number of hydrogen-bond acceptors (Lipinski definition) is 1. The zero-order chi connectivity index (χ0) is 17.4. The van der Waals surface area contributed by atoms with Crippen LogP contribution in [0.25, 0.3) is 10.9 Å². The minimum atomic E-state index is -0.270. The molecule has 1 aromatic heterocycles. The normalized spacial score (nSPS) is 16.6. The first kappa shape index (κ1) is 16.2. The average Bonchev–Trinajstić information content (AvgIpc) is 2.98. The predicted octanol–water partition coefficient (Wildman–Crippen LogP) is 4.38. The van der Waals surface area contributed by atoms with Crippen molar-refractivity contribution in [2.24, 2.45) is 5.92 Å². The SMILES string of the molecule is O=C(NCc1ccc(F)cc1)C1CCc2[nH]c3ccc(Cl)cc3c2C1. The number of benzene rings is 2. The molecule has 4 rings (SSSR count). The molecule has 1 aliphatic carbocycles. The molecule has 1 amide bonds. The van der Waals surface area contributed by atoms with Crippen LogP contribution in [0.4, 0.5) is 4.39 Å². The zero-order valence-electron chi connectivity index (χ0n) is 13.6. The number of aromatic amines is 1. The van der Waals surface area contributed by atoms with Gasteiger partial charge in [0, 0.05) is 34.1 Å². The Bertz CT molecular complexity index is 933. The number of hydrogen-bond donors (Lipinski definition) is 2. The third-order valence-electron chi connectivity index (χ3n) is 4.90. The summed E-state index contributed by atoms with van der Waals surface area (Å²) in [4.78, 5) is 16.0. The maximum Gasteiger partial charge on any atom is 0.223 e. The number of carbonyl (C=O) groups is 1. The van der Waals surface area contributed by atoms with Gasteiger partial charge >= 0.3 is 0 Å². The van der Waals surface area contributed by atoms with Gasteiger partial charge in [0.15, 0.2) is 0 Å². The van der Waals surface area contributed by atoms with Gasteiger partial charge in [-0.05, 0) is 60.7 Å². The van der Waals surface area contributed by atoms with Crippen LogP contribution in [0.15, 0.2) is 42.5 Å². The van der Waals surface area contributed by atoms with Gasteiger partial charge in [0.2, 0.25) is 5.91 Å². The van der Waals surface area contributed by atoms with Gasteiger partial charge in [-0.2, -0.15) is 0 Å². The molecule has 1 atom stereocenters. The fraction of sp³-hybridized carbons (Fsp3) is 0.250. The molecule has 1 heterocycles. The molecule has 5 heteroatoms. The van der Waals surface area contributed by atoms with Gasteiger partial charge in [-0.3, -0.25) is 4.79 Å². The van der Waals surface area contributed by atoms with Crippen LogP contribution in [0, 0.1) is 11.7 Å². The lowest BCUT2D eigenvalue weighted by Crippen LogP contribution is -2.33. The Morgan fingerprint density at radius 2 is 2.04 bits per heavy atom. The van der Waals surface area contributed by atoms with Crippen LogP contribution in [0.2, 0.25) is 5.02 Å². The number of halogens is 2. The van der Waals surface area contributed by atoms with Crippen molar-refractivity contribution in [1.82, 2.24) is 10.3 Å². The smallest absolute Gasteiger partial charge is 0.223 e. The van der Waals surface area contributed by atoms with E-state index in [2.05, 4.69) is 10.3 Å². The second-order valence-corrected chi connectivity index (χ2v) is 6.99. The molecule has 0 spiro atoms. The maximum absolute atomic E-state index is 12.9. The van der Waals surface area contributed by atoms with Crippen molar-refractivity contribution < 1.29 is 9.18 Å². The minimum Gasteiger partial charge on any atom is -0.358 e. The second kappa shape index (κ2) is 6.52. The molecule has 0 aliphatic heterocycles. The fourth-order valence-corrected chi connectivity index (χ4v) is 3.72. The number of aryl methyl sites for hydroxylation is 1. The monoisotopic (exact) mass is 356 g/mol. The molecule has 2 aromatic carbocycles. The number of fused-ring (bicyclic) bond motifs is 3. The van der Waals surface area contributed by atoms with E-state index in [1.54, 1.807) is 12.1 Å². The summed E-state index contributed by atoms with van der Waals surface area (Å²) in [6, 6.07) is 12.0. The van der Waals surface area contributed by atoms with E-state index < -0.39 is 0 Å². The van der Waals surface area contributed by atoms with Crippen molar-refractivity contribution >= 4 is 28.4 Å².